The van der Waals surface area contributed by atoms with Crippen molar-refractivity contribution >= 4 is 17.3 Å². The number of nitrogens with one attached hydrogen (secondary N) is 1. The van der Waals surface area contributed by atoms with Crippen LogP contribution in [0.3, 0.4) is 0 Å². The summed E-state index contributed by atoms with van der Waals surface area (Å²) in [4.78, 5) is 12.6. The van der Waals surface area contributed by atoms with Gasteiger partial charge in [-0.3, -0.25) is 15.2 Å². The molecule has 0 unspecified atom stereocenters. The molecule has 0 radical (unpaired) electrons. The highest BCUT2D eigenvalue weighted by atomic mass is 19.3. The molecule has 0 atom stereocenters. The van der Waals surface area contributed by atoms with E-state index in [0.29, 0.717) is 5.56 Å². The van der Waals surface area contributed by atoms with E-state index in [0.717, 1.165) is 11.4 Å². The fraction of sp³-hybridized carbons (Fsp3) is 0.0500. The van der Waals surface area contributed by atoms with Gasteiger partial charge >= 0.3 is 6.61 Å². The van der Waals surface area contributed by atoms with Gasteiger partial charge in [-0.2, -0.15) is 8.78 Å². The minimum Gasteiger partial charge on any atom is -0.435 e. The number of carbonyl (C=O) groups is 1. The molecular formula is C20H16F2N2O2. The van der Waals surface area contributed by atoms with Crippen LogP contribution in [0.25, 0.3) is 0 Å². The van der Waals surface area contributed by atoms with Gasteiger partial charge in [-0.15, -0.1) is 0 Å². The third-order valence-electron chi connectivity index (χ3n) is 3.58. The maximum absolute atomic E-state index is 12.6. The van der Waals surface area contributed by atoms with E-state index in [1.807, 2.05) is 60.7 Å². The van der Waals surface area contributed by atoms with Crippen molar-refractivity contribution < 1.29 is 18.3 Å². The Balaban J connectivity index is 1.81. The lowest BCUT2D eigenvalue weighted by molar-refractivity contribution is -0.0498. The van der Waals surface area contributed by atoms with Gasteiger partial charge in [0, 0.05) is 5.56 Å². The van der Waals surface area contributed by atoms with E-state index in [2.05, 4.69) is 10.2 Å². The van der Waals surface area contributed by atoms with Gasteiger partial charge in [-0.25, -0.2) is 0 Å². The molecule has 0 saturated carbocycles. The molecule has 3 aromatic rings. The molecule has 132 valence electrons. The Labute approximate surface area is 149 Å². The van der Waals surface area contributed by atoms with Crippen molar-refractivity contribution in [3.8, 4) is 5.75 Å². The molecule has 0 spiro atoms. The van der Waals surface area contributed by atoms with E-state index >= 15 is 0 Å². The summed E-state index contributed by atoms with van der Waals surface area (Å²) in [6.07, 6.45) is 0. The highest BCUT2D eigenvalue weighted by molar-refractivity contribution is 5.96. The van der Waals surface area contributed by atoms with Crippen LogP contribution in [0.5, 0.6) is 5.75 Å². The van der Waals surface area contributed by atoms with Crippen molar-refractivity contribution in [2.24, 2.45) is 0 Å². The summed E-state index contributed by atoms with van der Waals surface area (Å²) < 4.78 is 28.7. The predicted octanol–water partition coefficient (Wildman–Crippen LogP) is 4.77. The molecule has 26 heavy (non-hydrogen) atoms. The first-order chi connectivity index (χ1) is 12.6. The van der Waals surface area contributed by atoms with E-state index in [-0.39, 0.29) is 11.7 Å². The van der Waals surface area contributed by atoms with Crippen molar-refractivity contribution in [3.63, 3.8) is 0 Å². The Morgan fingerprint density at radius 2 is 1.31 bits per heavy atom. The Morgan fingerprint density at radius 3 is 1.77 bits per heavy atom. The number of halogens is 2. The molecule has 0 heterocycles. The quantitative estimate of drug-likeness (QED) is 0.648. The molecule has 0 aliphatic rings. The molecule has 6 heteroatoms. The summed E-state index contributed by atoms with van der Waals surface area (Å²) in [6.45, 7) is -2.90. The normalized spacial score (nSPS) is 10.4. The van der Waals surface area contributed by atoms with E-state index in [4.69, 9.17) is 0 Å². The predicted molar refractivity (Wildman–Crippen MR) is 95.6 cm³/mol. The van der Waals surface area contributed by atoms with E-state index in [9.17, 15) is 13.6 Å². The number of hydrazine groups is 1. The van der Waals surface area contributed by atoms with Crippen LogP contribution in [0.4, 0.5) is 20.2 Å². The molecular weight excluding hydrogens is 338 g/mol. The lowest BCUT2D eigenvalue weighted by atomic mass is 10.2. The minimum atomic E-state index is -2.90. The Hall–Kier alpha value is -3.41. The van der Waals surface area contributed by atoms with Gasteiger partial charge in [-0.1, -0.05) is 36.4 Å². The number of ether oxygens (including phenoxy) is 1. The van der Waals surface area contributed by atoms with E-state index in [1.54, 1.807) is 5.01 Å². The molecule has 0 fully saturated rings. The van der Waals surface area contributed by atoms with Crippen LogP contribution >= 0.6 is 0 Å². The van der Waals surface area contributed by atoms with Gasteiger partial charge < -0.3 is 4.74 Å². The van der Waals surface area contributed by atoms with Crippen LogP contribution in [0.2, 0.25) is 0 Å². The zero-order valence-electron chi connectivity index (χ0n) is 13.7. The summed E-state index contributed by atoms with van der Waals surface area (Å²) in [5.41, 5.74) is 4.72. The van der Waals surface area contributed by atoms with Crippen LogP contribution in [0.15, 0.2) is 84.9 Å². The second-order valence-electron chi connectivity index (χ2n) is 5.35. The Kier molecular flexibility index (Phi) is 5.43. The monoisotopic (exact) mass is 354 g/mol. The summed E-state index contributed by atoms with van der Waals surface area (Å²) in [5, 5.41) is 1.66. The maximum atomic E-state index is 12.6. The lowest BCUT2D eigenvalue weighted by Gasteiger charge is -2.25. The van der Waals surface area contributed by atoms with Gasteiger partial charge in [0.25, 0.3) is 5.91 Å². The van der Waals surface area contributed by atoms with Gasteiger partial charge in [0.2, 0.25) is 0 Å². The summed E-state index contributed by atoms with van der Waals surface area (Å²) in [7, 11) is 0. The number of benzene rings is 3. The van der Waals surface area contributed by atoms with E-state index in [1.165, 1.54) is 24.3 Å². The highest BCUT2D eigenvalue weighted by Gasteiger charge is 2.14. The topological polar surface area (TPSA) is 41.6 Å². The van der Waals surface area contributed by atoms with Crippen LogP contribution in [0, 0.1) is 0 Å². The third-order valence-corrected chi connectivity index (χ3v) is 3.58. The first-order valence-electron chi connectivity index (χ1n) is 7.89. The van der Waals surface area contributed by atoms with Crippen molar-refractivity contribution in [1.82, 2.24) is 5.43 Å². The lowest BCUT2D eigenvalue weighted by Crippen LogP contribution is -2.38. The molecule has 0 aromatic heterocycles. The Morgan fingerprint density at radius 1 is 0.808 bits per heavy atom. The molecule has 1 amide bonds. The number of hydrogen-bond donors (Lipinski definition) is 1. The van der Waals surface area contributed by atoms with Crippen LogP contribution in [-0.4, -0.2) is 12.5 Å². The molecule has 3 aromatic carbocycles. The van der Waals surface area contributed by atoms with Gasteiger partial charge in [0.1, 0.15) is 5.75 Å². The zero-order chi connectivity index (χ0) is 18.4. The number of rotatable bonds is 6. The molecule has 0 aliphatic carbocycles. The number of hydrogen-bond acceptors (Lipinski definition) is 3. The standard InChI is InChI=1S/C20H16F2N2O2/c21-20(22)26-18-13-11-15(12-14-18)19(25)23-24(16-7-3-1-4-8-16)17-9-5-2-6-10-17/h1-14,20H,(H,23,25). The molecule has 4 nitrogen and oxygen atoms in total. The second kappa shape index (κ2) is 8.11. The molecule has 0 aliphatic heterocycles. The average Bonchev–Trinajstić information content (AvgIpc) is 2.67. The maximum Gasteiger partial charge on any atom is 0.387 e. The van der Waals surface area contributed by atoms with Gasteiger partial charge in [-0.05, 0) is 48.5 Å². The van der Waals surface area contributed by atoms with Crippen molar-refractivity contribution in [2.75, 3.05) is 5.01 Å². The summed E-state index contributed by atoms with van der Waals surface area (Å²) in [5.74, 6) is -0.374. The average molecular weight is 354 g/mol. The van der Waals surface area contributed by atoms with Crippen LogP contribution < -0.4 is 15.2 Å². The first kappa shape index (κ1) is 17.4. The smallest absolute Gasteiger partial charge is 0.387 e. The molecule has 3 rings (SSSR count). The first-order valence-corrected chi connectivity index (χ1v) is 7.89. The SMILES string of the molecule is O=C(NN(c1ccccc1)c1ccccc1)c1ccc(OC(F)F)cc1. The number of alkyl halides is 2. The Bertz CT molecular complexity index is 801. The van der Waals surface area contributed by atoms with Crippen molar-refractivity contribution in [1.29, 1.82) is 0 Å². The largest absolute Gasteiger partial charge is 0.435 e. The molecule has 0 saturated heterocycles. The third kappa shape index (κ3) is 4.36. The number of anilines is 2. The molecule has 0 bridgehead atoms. The fourth-order valence-electron chi connectivity index (χ4n) is 2.39. The van der Waals surface area contributed by atoms with Gasteiger partial charge in [0.15, 0.2) is 0 Å². The fourth-order valence-corrected chi connectivity index (χ4v) is 2.39. The summed E-state index contributed by atoms with van der Waals surface area (Å²) >= 11 is 0. The number of amides is 1. The van der Waals surface area contributed by atoms with E-state index < -0.39 is 6.61 Å². The van der Waals surface area contributed by atoms with Crippen LogP contribution in [0.1, 0.15) is 10.4 Å². The number of nitrogens with zero attached hydrogens (tertiary/aromatic N) is 1. The van der Waals surface area contributed by atoms with Crippen LogP contribution in [-0.2, 0) is 0 Å². The zero-order valence-corrected chi connectivity index (χ0v) is 13.7. The van der Waals surface area contributed by atoms with Crippen molar-refractivity contribution in [3.05, 3.63) is 90.5 Å². The highest BCUT2D eigenvalue weighted by Crippen LogP contribution is 2.23. The minimum absolute atomic E-state index is 0.000440. The van der Waals surface area contributed by atoms with Crippen molar-refractivity contribution in [2.45, 2.75) is 6.61 Å². The summed E-state index contributed by atoms with van der Waals surface area (Å²) in [6, 6.07) is 24.2. The number of carbonyl (C=O) groups excluding carboxylic acids is 1. The molecule has 1 N–H and O–H groups in total. The van der Waals surface area contributed by atoms with Gasteiger partial charge in [0.05, 0.1) is 11.4 Å². The number of para-hydroxylation sites is 2. The second-order valence-corrected chi connectivity index (χ2v) is 5.35.